The summed E-state index contributed by atoms with van der Waals surface area (Å²) in [6.07, 6.45) is 0. The van der Waals surface area contributed by atoms with Crippen LogP contribution in [0.15, 0.2) is 60.7 Å². The van der Waals surface area contributed by atoms with Gasteiger partial charge in [0, 0.05) is 34.2 Å². The van der Waals surface area contributed by atoms with Gasteiger partial charge in [-0.1, -0.05) is 48.5 Å². The topological polar surface area (TPSA) is 20.3 Å². The van der Waals surface area contributed by atoms with E-state index in [1.54, 1.807) is 4.90 Å². The summed E-state index contributed by atoms with van der Waals surface area (Å²) < 4.78 is 2.63. The van der Waals surface area contributed by atoms with Crippen molar-refractivity contribution in [1.29, 1.82) is 0 Å². The van der Waals surface area contributed by atoms with Gasteiger partial charge in [-0.05, 0) is 21.6 Å². The third-order valence-corrected chi connectivity index (χ3v) is 2.92. The molecule has 0 N–H and O–H groups in total. The van der Waals surface area contributed by atoms with Crippen LogP contribution in [0.25, 0.3) is 0 Å². The van der Waals surface area contributed by atoms with E-state index in [1.807, 2.05) is 83.3 Å². The van der Waals surface area contributed by atoms with Crippen LogP contribution in [-0.4, -0.2) is 5.91 Å². The fraction of sp³-hybridized carbons (Fsp3) is 0.0625. The second-order valence-corrected chi connectivity index (χ2v) is 4.47. The van der Waals surface area contributed by atoms with E-state index in [-0.39, 0.29) is 5.91 Å². The number of nitrogens with zero attached hydrogens (tertiary/aromatic N) is 1. The molecule has 0 aliphatic heterocycles. The third kappa shape index (κ3) is 3.83. The van der Waals surface area contributed by atoms with Crippen molar-refractivity contribution in [3.05, 3.63) is 66.2 Å². The quantitative estimate of drug-likeness (QED) is 0.604. The van der Waals surface area contributed by atoms with Crippen LogP contribution in [0.3, 0.4) is 0 Å². The van der Waals surface area contributed by atoms with Crippen LogP contribution in [0.4, 0.5) is 5.69 Å². The van der Waals surface area contributed by atoms with Crippen molar-refractivity contribution in [2.24, 2.45) is 0 Å². The van der Waals surface area contributed by atoms with Crippen LogP contribution in [0.2, 0.25) is 0 Å². The number of para-hydroxylation sites is 1. The highest BCUT2D eigenvalue weighted by molar-refractivity contribution is 14.1. The van der Waals surface area contributed by atoms with E-state index in [0.717, 1.165) is 11.3 Å². The maximum atomic E-state index is 12.1. The molecule has 3 heteroatoms. The van der Waals surface area contributed by atoms with Gasteiger partial charge >= 0.3 is 5.91 Å². The van der Waals surface area contributed by atoms with E-state index < -0.39 is 0 Å². The Hall–Kier alpha value is -1.80. The van der Waals surface area contributed by atoms with Crippen molar-refractivity contribution in [3.8, 4) is 9.85 Å². The lowest BCUT2D eigenvalue weighted by Crippen LogP contribution is -2.28. The fourth-order valence-corrected chi connectivity index (χ4v) is 1.99. The van der Waals surface area contributed by atoms with Crippen molar-refractivity contribution >= 4 is 34.2 Å². The zero-order chi connectivity index (χ0) is 13.5. The summed E-state index contributed by atoms with van der Waals surface area (Å²) in [6.45, 7) is 0.523. The molecule has 0 bridgehead atoms. The summed E-state index contributed by atoms with van der Waals surface area (Å²) in [5.41, 5.74) is 1.94. The predicted molar refractivity (Wildman–Crippen MR) is 85.9 cm³/mol. The highest BCUT2D eigenvalue weighted by atomic mass is 127. The van der Waals surface area contributed by atoms with Gasteiger partial charge < -0.3 is 0 Å². The molecule has 2 rings (SSSR count). The lowest BCUT2D eigenvalue weighted by atomic mass is 10.2. The standard InChI is InChI=1S/C16H12INO/c17-12-11-16(19)18(15-9-5-2-6-10-15)13-14-7-3-1-4-8-14/h1-10H,13H2. The zero-order valence-electron chi connectivity index (χ0n) is 10.2. The van der Waals surface area contributed by atoms with Gasteiger partial charge in [-0.2, -0.15) is 0 Å². The van der Waals surface area contributed by atoms with Gasteiger partial charge in [0.25, 0.3) is 0 Å². The molecule has 0 spiro atoms. The van der Waals surface area contributed by atoms with E-state index in [4.69, 9.17) is 0 Å². The molecule has 0 saturated heterocycles. The number of hydrogen-bond acceptors (Lipinski definition) is 1. The Labute approximate surface area is 126 Å². The van der Waals surface area contributed by atoms with Gasteiger partial charge in [-0.25, -0.2) is 0 Å². The van der Waals surface area contributed by atoms with Crippen LogP contribution in [0.5, 0.6) is 0 Å². The van der Waals surface area contributed by atoms with Gasteiger partial charge in [0.2, 0.25) is 0 Å². The van der Waals surface area contributed by atoms with Gasteiger partial charge in [-0.3, -0.25) is 9.69 Å². The van der Waals surface area contributed by atoms with Crippen molar-refractivity contribution in [2.45, 2.75) is 6.54 Å². The molecule has 0 aromatic heterocycles. The molecular weight excluding hydrogens is 349 g/mol. The maximum Gasteiger partial charge on any atom is 0.303 e. The maximum absolute atomic E-state index is 12.1. The largest absolute Gasteiger partial charge is 0.303 e. The van der Waals surface area contributed by atoms with Crippen molar-refractivity contribution in [3.63, 3.8) is 0 Å². The van der Waals surface area contributed by atoms with Crippen LogP contribution < -0.4 is 4.90 Å². The predicted octanol–water partition coefficient (Wildman–Crippen LogP) is 3.62. The molecule has 0 aliphatic carbocycles. The van der Waals surface area contributed by atoms with E-state index in [9.17, 15) is 4.79 Å². The molecule has 0 saturated carbocycles. The summed E-state index contributed by atoms with van der Waals surface area (Å²) in [5.74, 6) is 2.40. The highest BCUT2D eigenvalue weighted by Gasteiger charge is 2.13. The number of benzene rings is 2. The Kier molecular flexibility index (Phi) is 4.99. The number of carbonyl (C=O) groups excluding carboxylic acids is 1. The van der Waals surface area contributed by atoms with Crippen LogP contribution in [-0.2, 0) is 11.3 Å². The molecule has 0 radical (unpaired) electrons. The Morgan fingerprint density at radius 3 is 2.16 bits per heavy atom. The average molecular weight is 361 g/mol. The highest BCUT2D eigenvalue weighted by Crippen LogP contribution is 2.16. The number of halogens is 1. The Morgan fingerprint density at radius 1 is 1.00 bits per heavy atom. The van der Waals surface area contributed by atoms with Gasteiger partial charge in [-0.15, -0.1) is 0 Å². The van der Waals surface area contributed by atoms with Crippen molar-refractivity contribution in [1.82, 2.24) is 0 Å². The van der Waals surface area contributed by atoms with Crippen LogP contribution in [0.1, 0.15) is 5.56 Å². The first-order chi connectivity index (χ1) is 9.31. The number of carbonyl (C=O) groups is 1. The number of rotatable bonds is 3. The molecule has 0 heterocycles. The van der Waals surface area contributed by atoms with Crippen molar-refractivity contribution in [2.75, 3.05) is 4.90 Å². The molecule has 0 aliphatic rings. The SMILES string of the molecule is O=C(C#CI)N(Cc1ccccc1)c1ccccc1. The van der Waals surface area contributed by atoms with Gasteiger partial charge in [0.15, 0.2) is 0 Å². The van der Waals surface area contributed by atoms with Gasteiger partial charge in [0.1, 0.15) is 0 Å². The lowest BCUT2D eigenvalue weighted by Gasteiger charge is -2.20. The second kappa shape index (κ2) is 6.95. The summed E-state index contributed by atoms with van der Waals surface area (Å²) in [7, 11) is 0. The van der Waals surface area contributed by atoms with E-state index >= 15 is 0 Å². The first-order valence-corrected chi connectivity index (χ1v) is 6.91. The van der Waals surface area contributed by atoms with Crippen LogP contribution >= 0.6 is 22.6 Å². The van der Waals surface area contributed by atoms with Crippen LogP contribution in [0, 0.1) is 9.85 Å². The monoisotopic (exact) mass is 361 g/mol. The molecule has 2 aromatic carbocycles. The molecule has 0 fully saturated rings. The van der Waals surface area contributed by atoms with Gasteiger partial charge in [0.05, 0.1) is 6.54 Å². The molecule has 94 valence electrons. The van der Waals surface area contributed by atoms with Crippen molar-refractivity contribution < 1.29 is 4.79 Å². The first kappa shape index (κ1) is 13.6. The number of anilines is 1. The smallest absolute Gasteiger partial charge is 0.297 e. The molecule has 19 heavy (non-hydrogen) atoms. The second-order valence-electron chi connectivity index (χ2n) is 3.93. The molecule has 0 unspecified atom stereocenters. The van der Waals surface area contributed by atoms with E-state index in [1.165, 1.54) is 0 Å². The van der Waals surface area contributed by atoms with E-state index in [0.29, 0.717) is 6.54 Å². The molecule has 2 aromatic rings. The molecular formula is C16H12INO. The Balaban J connectivity index is 2.29. The Bertz CT molecular complexity index is 599. The minimum absolute atomic E-state index is 0.190. The Morgan fingerprint density at radius 2 is 1.58 bits per heavy atom. The fourth-order valence-electron chi connectivity index (χ4n) is 1.76. The normalized spacial score (nSPS) is 9.32. The lowest BCUT2D eigenvalue weighted by molar-refractivity contribution is -0.113. The summed E-state index contributed by atoms with van der Waals surface area (Å²) in [6, 6.07) is 19.5. The van der Waals surface area contributed by atoms with E-state index in [2.05, 4.69) is 9.85 Å². The summed E-state index contributed by atoms with van der Waals surface area (Å²) in [4.78, 5) is 13.8. The third-order valence-electron chi connectivity index (χ3n) is 2.65. The molecule has 1 amide bonds. The summed E-state index contributed by atoms with van der Waals surface area (Å²) in [5, 5.41) is 0. The minimum atomic E-state index is -0.190. The number of amides is 1. The first-order valence-electron chi connectivity index (χ1n) is 5.83. The zero-order valence-corrected chi connectivity index (χ0v) is 12.4. The molecule has 0 atom stereocenters. The minimum Gasteiger partial charge on any atom is -0.297 e. The summed E-state index contributed by atoms with van der Waals surface area (Å²) >= 11 is 1.88. The average Bonchev–Trinajstić information content (AvgIpc) is 2.47. The molecule has 2 nitrogen and oxygen atoms in total. The number of hydrogen-bond donors (Lipinski definition) is 0.